The first-order chi connectivity index (χ1) is 9.99. The van der Waals surface area contributed by atoms with Gasteiger partial charge in [-0.3, -0.25) is 9.78 Å². The molecule has 1 aromatic heterocycles. The average Bonchev–Trinajstić information content (AvgIpc) is 2.49. The van der Waals surface area contributed by atoms with Gasteiger partial charge in [0.25, 0.3) is 5.91 Å². The lowest BCUT2D eigenvalue weighted by atomic mass is 10.0. The van der Waals surface area contributed by atoms with Gasteiger partial charge in [0.1, 0.15) is 5.75 Å². The van der Waals surface area contributed by atoms with Gasteiger partial charge in [0.15, 0.2) is 0 Å². The molecule has 21 heavy (non-hydrogen) atoms. The normalized spacial score (nSPS) is 12.0. The van der Waals surface area contributed by atoms with E-state index in [1.54, 1.807) is 43.6 Å². The van der Waals surface area contributed by atoms with Crippen molar-refractivity contribution in [3.05, 3.63) is 58.9 Å². The molecule has 0 saturated carbocycles. The summed E-state index contributed by atoms with van der Waals surface area (Å²) >= 11 is 0. The van der Waals surface area contributed by atoms with Crippen LogP contribution in [0.3, 0.4) is 0 Å². The van der Waals surface area contributed by atoms with Crippen LogP contribution in [0.5, 0.6) is 5.75 Å². The van der Waals surface area contributed by atoms with Crippen molar-refractivity contribution in [3.63, 3.8) is 0 Å². The van der Waals surface area contributed by atoms with Gasteiger partial charge in [0.2, 0.25) is 0 Å². The molecule has 0 aliphatic rings. The van der Waals surface area contributed by atoms with Crippen LogP contribution in [-0.4, -0.2) is 27.6 Å². The number of aliphatic hydroxyl groups is 1. The Morgan fingerprint density at radius 3 is 2.62 bits per heavy atom. The van der Waals surface area contributed by atoms with Gasteiger partial charge < -0.3 is 15.5 Å². The fourth-order valence-corrected chi connectivity index (χ4v) is 2.12. The Morgan fingerprint density at radius 2 is 1.95 bits per heavy atom. The summed E-state index contributed by atoms with van der Waals surface area (Å²) in [7, 11) is 0. The number of rotatable bonds is 4. The summed E-state index contributed by atoms with van der Waals surface area (Å²) in [6.07, 6.45) is 2.34. The van der Waals surface area contributed by atoms with Crippen LogP contribution in [0.4, 0.5) is 0 Å². The van der Waals surface area contributed by atoms with Gasteiger partial charge in [-0.25, -0.2) is 0 Å². The molecule has 0 fully saturated rings. The third-order valence-electron chi connectivity index (χ3n) is 3.24. The Balaban J connectivity index is 2.06. The molecule has 0 radical (unpaired) electrons. The summed E-state index contributed by atoms with van der Waals surface area (Å²) in [5.41, 5.74) is 2.43. The van der Waals surface area contributed by atoms with E-state index in [0.717, 1.165) is 5.56 Å². The maximum Gasteiger partial charge on any atom is 0.255 e. The van der Waals surface area contributed by atoms with Gasteiger partial charge in [-0.2, -0.15) is 0 Å². The second kappa shape index (κ2) is 6.37. The topological polar surface area (TPSA) is 82.5 Å². The molecule has 1 heterocycles. The SMILES string of the molecule is Cc1cc(C)c(O)c(C(=O)NCC(O)c2ccncc2)c1. The van der Waals surface area contributed by atoms with E-state index in [4.69, 9.17) is 0 Å². The maximum atomic E-state index is 12.1. The molecule has 110 valence electrons. The van der Waals surface area contributed by atoms with E-state index < -0.39 is 12.0 Å². The van der Waals surface area contributed by atoms with Gasteiger partial charge in [-0.05, 0) is 48.7 Å². The smallest absolute Gasteiger partial charge is 0.255 e. The van der Waals surface area contributed by atoms with Crippen molar-refractivity contribution in [2.45, 2.75) is 20.0 Å². The van der Waals surface area contributed by atoms with Crippen molar-refractivity contribution < 1.29 is 15.0 Å². The Bertz CT molecular complexity index is 641. The molecule has 1 aromatic carbocycles. The summed E-state index contributed by atoms with van der Waals surface area (Å²) in [6.45, 7) is 3.66. The van der Waals surface area contributed by atoms with Gasteiger partial charge in [-0.15, -0.1) is 0 Å². The molecule has 0 spiro atoms. The van der Waals surface area contributed by atoms with Crippen LogP contribution in [-0.2, 0) is 0 Å². The summed E-state index contributed by atoms with van der Waals surface area (Å²) in [5, 5.41) is 22.6. The quantitative estimate of drug-likeness (QED) is 0.801. The second-order valence-electron chi connectivity index (χ2n) is 4.98. The van der Waals surface area contributed by atoms with E-state index in [9.17, 15) is 15.0 Å². The van der Waals surface area contributed by atoms with Gasteiger partial charge in [-0.1, -0.05) is 6.07 Å². The van der Waals surface area contributed by atoms with E-state index >= 15 is 0 Å². The van der Waals surface area contributed by atoms with Crippen molar-refractivity contribution in [1.82, 2.24) is 10.3 Å². The second-order valence-corrected chi connectivity index (χ2v) is 4.98. The summed E-state index contributed by atoms with van der Waals surface area (Å²) in [4.78, 5) is 16.0. The zero-order valence-corrected chi connectivity index (χ0v) is 12.0. The standard InChI is InChI=1S/C16H18N2O3/c1-10-7-11(2)15(20)13(8-10)16(21)18-9-14(19)12-3-5-17-6-4-12/h3-8,14,19-20H,9H2,1-2H3,(H,18,21). The molecule has 5 nitrogen and oxygen atoms in total. The van der Waals surface area contributed by atoms with E-state index in [-0.39, 0.29) is 17.9 Å². The number of aliphatic hydroxyl groups excluding tert-OH is 1. The van der Waals surface area contributed by atoms with Gasteiger partial charge in [0.05, 0.1) is 11.7 Å². The van der Waals surface area contributed by atoms with Crippen molar-refractivity contribution >= 4 is 5.91 Å². The third kappa shape index (κ3) is 3.58. The van der Waals surface area contributed by atoms with Crippen LogP contribution in [0.1, 0.15) is 33.2 Å². The lowest BCUT2D eigenvalue weighted by Gasteiger charge is -2.13. The predicted octanol–water partition coefficient (Wildman–Crippen LogP) is 1.87. The highest BCUT2D eigenvalue weighted by Crippen LogP contribution is 2.23. The molecular formula is C16H18N2O3. The molecule has 1 atom stereocenters. The molecule has 0 aliphatic carbocycles. The Labute approximate surface area is 123 Å². The molecule has 2 aromatic rings. The molecule has 2 rings (SSSR count). The van der Waals surface area contributed by atoms with Crippen LogP contribution in [0.15, 0.2) is 36.7 Å². The summed E-state index contributed by atoms with van der Waals surface area (Å²) < 4.78 is 0. The minimum atomic E-state index is -0.815. The number of benzene rings is 1. The number of carbonyl (C=O) groups is 1. The fraction of sp³-hybridized carbons (Fsp3) is 0.250. The minimum Gasteiger partial charge on any atom is -0.507 e. The molecule has 5 heteroatoms. The van der Waals surface area contributed by atoms with Crippen molar-refractivity contribution in [1.29, 1.82) is 0 Å². The lowest BCUT2D eigenvalue weighted by molar-refractivity contribution is 0.0913. The van der Waals surface area contributed by atoms with E-state index in [1.165, 1.54) is 0 Å². The number of carbonyl (C=O) groups excluding carboxylic acids is 1. The number of nitrogens with one attached hydrogen (secondary N) is 1. The molecule has 0 aliphatic heterocycles. The van der Waals surface area contributed by atoms with Crippen LogP contribution in [0, 0.1) is 13.8 Å². The first kappa shape index (κ1) is 15.0. The van der Waals surface area contributed by atoms with Crippen molar-refractivity contribution in [2.75, 3.05) is 6.54 Å². The molecule has 1 amide bonds. The monoisotopic (exact) mass is 286 g/mol. The first-order valence-corrected chi connectivity index (χ1v) is 6.65. The number of aryl methyl sites for hydroxylation is 2. The van der Waals surface area contributed by atoms with Crippen LogP contribution < -0.4 is 5.32 Å². The Hall–Kier alpha value is -2.40. The van der Waals surface area contributed by atoms with E-state index in [0.29, 0.717) is 11.1 Å². The number of aromatic hydroxyl groups is 1. The van der Waals surface area contributed by atoms with E-state index in [2.05, 4.69) is 10.3 Å². The number of amides is 1. The zero-order valence-electron chi connectivity index (χ0n) is 12.0. The highest BCUT2D eigenvalue weighted by Gasteiger charge is 2.15. The number of pyridine rings is 1. The Morgan fingerprint density at radius 1 is 1.29 bits per heavy atom. The molecule has 0 bridgehead atoms. The molecular weight excluding hydrogens is 268 g/mol. The summed E-state index contributed by atoms with van der Waals surface area (Å²) in [6, 6.07) is 6.80. The largest absolute Gasteiger partial charge is 0.507 e. The average molecular weight is 286 g/mol. The Kier molecular flexibility index (Phi) is 4.55. The highest BCUT2D eigenvalue weighted by atomic mass is 16.3. The van der Waals surface area contributed by atoms with Crippen molar-refractivity contribution in [3.8, 4) is 5.75 Å². The lowest BCUT2D eigenvalue weighted by Crippen LogP contribution is -2.28. The van der Waals surface area contributed by atoms with Crippen LogP contribution >= 0.6 is 0 Å². The van der Waals surface area contributed by atoms with Gasteiger partial charge in [0, 0.05) is 18.9 Å². The minimum absolute atomic E-state index is 0.0310. The maximum absolute atomic E-state index is 12.1. The van der Waals surface area contributed by atoms with Crippen molar-refractivity contribution in [2.24, 2.45) is 0 Å². The summed E-state index contributed by atoms with van der Waals surface area (Å²) in [5.74, 6) is -0.441. The number of phenolic OH excluding ortho intramolecular Hbond substituents is 1. The molecule has 3 N–H and O–H groups in total. The number of hydrogen-bond donors (Lipinski definition) is 3. The third-order valence-corrected chi connectivity index (χ3v) is 3.24. The van der Waals surface area contributed by atoms with Crippen LogP contribution in [0.25, 0.3) is 0 Å². The number of aromatic nitrogens is 1. The number of nitrogens with zero attached hydrogens (tertiary/aromatic N) is 1. The molecule has 0 saturated heterocycles. The van der Waals surface area contributed by atoms with E-state index in [1.807, 2.05) is 6.92 Å². The van der Waals surface area contributed by atoms with Crippen LogP contribution in [0.2, 0.25) is 0 Å². The predicted molar refractivity (Wildman–Crippen MR) is 79.1 cm³/mol. The zero-order chi connectivity index (χ0) is 15.4. The number of phenols is 1. The highest BCUT2D eigenvalue weighted by molar-refractivity contribution is 5.97. The first-order valence-electron chi connectivity index (χ1n) is 6.65. The molecule has 1 unspecified atom stereocenters. The van der Waals surface area contributed by atoms with Gasteiger partial charge >= 0.3 is 0 Å². The fourth-order valence-electron chi connectivity index (χ4n) is 2.12. The number of hydrogen-bond acceptors (Lipinski definition) is 4.